The molecular formula is C9H16ClNO2. The van der Waals surface area contributed by atoms with Crippen LogP contribution in [-0.2, 0) is 9.53 Å². The molecule has 3 nitrogen and oxygen atoms in total. The fraction of sp³-hybridized carbons (Fsp3) is 0.889. The molecule has 0 aromatic rings. The number of likely N-dealkylation sites (tertiary alicyclic amines) is 1. The van der Waals surface area contributed by atoms with Gasteiger partial charge in [0.15, 0.2) is 0 Å². The first-order chi connectivity index (χ1) is 6.29. The van der Waals surface area contributed by atoms with Gasteiger partial charge in [-0.1, -0.05) is 0 Å². The van der Waals surface area contributed by atoms with E-state index in [-0.39, 0.29) is 11.9 Å². The Morgan fingerprint density at radius 3 is 3.08 bits per heavy atom. The second-order valence-corrected chi connectivity index (χ2v) is 3.66. The van der Waals surface area contributed by atoms with E-state index in [4.69, 9.17) is 16.3 Å². The molecule has 76 valence electrons. The van der Waals surface area contributed by atoms with Crippen LogP contribution in [0, 0.1) is 0 Å². The first-order valence-electron chi connectivity index (χ1n) is 4.64. The Kier molecular flexibility index (Phi) is 4.53. The van der Waals surface area contributed by atoms with E-state index >= 15 is 0 Å². The maximum atomic E-state index is 11.5. The number of hydrogen-bond acceptors (Lipinski definition) is 2. The third-order valence-electron chi connectivity index (χ3n) is 2.36. The molecule has 1 saturated heterocycles. The fourth-order valence-corrected chi connectivity index (χ4v) is 1.92. The van der Waals surface area contributed by atoms with E-state index in [0.717, 1.165) is 19.4 Å². The van der Waals surface area contributed by atoms with E-state index < -0.39 is 0 Å². The van der Waals surface area contributed by atoms with Gasteiger partial charge in [-0.05, 0) is 12.8 Å². The largest absolute Gasteiger partial charge is 0.383 e. The summed E-state index contributed by atoms with van der Waals surface area (Å²) >= 11 is 5.52. The van der Waals surface area contributed by atoms with Gasteiger partial charge >= 0.3 is 0 Å². The van der Waals surface area contributed by atoms with Gasteiger partial charge in [-0.15, -0.1) is 11.6 Å². The van der Waals surface area contributed by atoms with Crippen LogP contribution in [-0.4, -0.2) is 43.0 Å². The van der Waals surface area contributed by atoms with Crippen LogP contribution in [0.1, 0.15) is 19.3 Å². The Hall–Kier alpha value is -0.280. The number of ether oxygens (including phenoxy) is 1. The number of carbonyl (C=O) groups is 1. The number of amides is 1. The molecule has 1 aliphatic rings. The summed E-state index contributed by atoms with van der Waals surface area (Å²) in [6.07, 6.45) is 2.59. The summed E-state index contributed by atoms with van der Waals surface area (Å²) in [5.41, 5.74) is 0. The van der Waals surface area contributed by atoms with E-state index in [1.807, 2.05) is 4.90 Å². The zero-order valence-corrected chi connectivity index (χ0v) is 8.72. The topological polar surface area (TPSA) is 29.5 Å². The Labute approximate surface area is 84.0 Å². The van der Waals surface area contributed by atoms with E-state index in [2.05, 4.69) is 0 Å². The van der Waals surface area contributed by atoms with Crippen molar-refractivity contribution < 1.29 is 9.53 Å². The average Bonchev–Trinajstić information content (AvgIpc) is 2.54. The molecule has 1 amide bonds. The van der Waals surface area contributed by atoms with E-state index in [9.17, 15) is 4.79 Å². The molecule has 1 atom stereocenters. The van der Waals surface area contributed by atoms with Crippen molar-refractivity contribution in [2.24, 2.45) is 0 Å². The molecule has 0 bridgehead atoms. The molecule has 4 heteroatoms. The van der Waals surface area contributed by atoms with Gasteiger partial charge in [0.2, 0.25) is 5.91 Å². The van der Waals surface area contributed by atoms with Crippen LogP contribution < -0.4 is 0 Å². The molecule has 0 radical (unpaired) electrons. The number of nitrogens with zero attached hydrogens (tertiary/aromatic N) is 1. The summed E-state index contributed by atoms with van der Waals surface area (Å²) in [4.78, 5) is 13.4. The summed E-state index contributed by atoms with van der Waals surface area (Å²) < 4.78 is 5.06. The van der Waals surface area contributed by atoms with Crippen LogP contribution in [0.25, 0.3) is 0 Å². The molecule has 1 heterocycles. The Morgan fingerprint density at radius 2 is 2.46 bits per heavy atom. The number of carbonyl (C=O) groups excluding carboxylic acids is 1. The maximum Gasteiger partial charge on any atom is 0.224 e. The second-order valence-electron chi connectivity index (χ2n) is 3.28. The number of rotatable bonds is 4. The summed E-state index contributed by atoms with van der Waals surface area (Å²) in [5.74, 6) is 0.573. The van der Waals surface area contributed by atoms with Crippen molar-refractivity contribution in [1.82, 2.24) is 4.90 Å². The molecule has 0 spiro atoms. The molecule has 1 fully saturated rings. The minimum absolute atomic E-state index is 0.162. The van der Waals surface area contributed by atoms with Gasteiger partial charge in [-0.3, -0.25) is 4.79 Å². The molecule has 13 heavy (non-hydrogen) atoms. The zero-order chi connectivity index (χ0) is 9.68. The predicted molar refractivity (Wildman–Crippen MR) is 51.9 cm³/mol. The van der Waals surface area contributed by atoms with Crippen LogP contribution in [0.4, 0.5) is 0 Å². The first kappa shape index (κ1) is 10.8. The normalized spacial score (nSPS) is 22.3. The summed E-state index contributed by atoms with van der Waals surface area (Å²) in [7, 11) is 1.67. The number of alkyl halides is 1. The molecule has 0 aromatic heterocycles. The van der Waals surface area contributed by atoms with Crippen LogP contribution in [0.2, 0.25) is 0 Å². The van der Waals surface area contributed by atoms with Crippen molar-refractivity contribution in [3.05, 3.63) is 0 Å². The van der Waals surface area contributed by atoms with Gasteiger partial charge in [-0.2, -0.15) is 0 Å². The fourth-order valence-electron chi connectivity index (χ4n) is 1.75. The molecule has 1 rings (SSSR count). The van der Waals surface area contributed by atoms with Crippen molar-refractivity contribution in [3.63, 3.8) is 0 Å². The van der Waals surface area contributed by atoms with Gasteiger partial charge in [0.25, 0.3) is 0 Å². The van der Waals surface area contributed by atoms with Crippen molar-refractivity contribution in [3.8, 4) is 0 Å². The van der Waals surface area contributed by atoms with Crippen LogP contribution in [0.5, 0.6) is 0 Å². The molecular weight excluding hydrogens is 190 g/mol. The van der Waals surface area contributed by atoms with E-state index in [0.29, 0.717) is 18.9 Å². The Bertz CT molecular complexity index is 175. The van der Waals surface area contributed by atoms with Gasteiger partial charge in [-0.25, -0.2) is 0 Å². The predicted octanol–water partition coefficient (Wildman–Crippen LogP) is 1.25. The first-order valence-corrected chi connectivity index (χ1v) is 5.17. The van der Waals surface area contributed by atoms with Gasteiger partial charge in [0, 0.05) is 26.0 Å². The lowest BCUT2D eigenvalue weighted by Gasteiger charge is -2.23. The summed E-state index contributed by atoms with van der Waals surface area (Å²) in [5, 5.41) is 0. The molecule has 0 aliphatic carbocycles. The van der Waals surface area contributed by atoms with Crippen LogP contribution in [0.15, 0.2) is 0 Å². The second kappa shape index (κ2) is 5.45. The number of methoxy groups -OCH3 is 1. The summed E-state index contributed by atoms with van der Waals surface area (Å²) in [6.45, 7) is 1.51. The zero-order valence-electron chi connectivity index (χ0n) is 7.96. The third kappa shape index (κ3) is 2.85. The highest BCUT2D eigenvalue weighted by Crippen LogP contribution is 2.18. The minimum atomic E-state index is 0.162. The molecule has 0 N–H and O–H groups in total. The van der Waals surface area contributed by atoms with Crippen molar-refractivity contribution in [2.45, 2.75) is 25.3 Å². The molecule has 0 unspecified atom stereocenters. The smallest absolute Gasteiger partial charge is 0.224 e. The van der Waals surface area contributed by atoms with E-state index in [1.165, 1.54) is 0 Å². The highest BCUT2D eigenvalue weighted by molar-refractivity contribution is 6.18. The lowest BCUT2D eigenvalue weighted by atomic mass is 10.2. The maximum absolute atomic E-state index is 11.5. The average molecular weight is 206 g/mol. The van der Waals surface area contributed by atoms with Crippen molar-refractivity contribution >= 4 is 17.5 Å². The summed E-state index contributed by atoms with van der Waals surface area (Å²) in [6, 6.07) is 0.278. The van der Waals surface area contributed by atoms with Crippen molar-refractivity contribution in [1.29, 1.82) is 0 Å². The lowest BCUT2D eigenvalue weighted by molar-refractivity contribution is -0.132. The molecule has 1 aliphatic heterocycles. The van der Waals surface area contributed by atoms with Crippen LogP contribution in [0.3, 0.4) is 0 Å². The van der Waals surface area contributed by atoms with Gasteiger partial charge in [0.1, 0.15) is 0 Å². The van der Waals surface area contributed by atoms with Crippen LogP contribution >= 0.6 is 11.6 Å². The van der Waals surface area contributed by atoms with Gasteiger partial charge in [0.05, 0.1) is 12.6 Å². The highest BCUT2D eigenvalue weighted by Gasteiger charge is 2.27. The lowest BCUT2D eigenvalue weighted by Crippen LogP contribution is -2.38. The van der Waals surface area contributed by atoms with Gasteiger partial charge < -0.3 is 9.64 Å². The quantitative estimate of drug-likeness (QED) is 0.647. The minimum Gasteiger partial charge on any atom is -0.383 e. The van der Waals surface area contributed by atoms with E-state index in [1.54, 1.807) is 7.11 Å². The molecule has 0 saturated carbocycles. The number of hydrogen-bond donors (Lipinski definition) is 0. The standard InChI is InChI=1S/C9H16ClNO2/c1-13-7-8-3-2-6-11(8)9(12)4-5-10/h8H,2-7H2,1H3/t8-/m1/s1. The number of halogens is 1. The Morgan fingerprint density at radius 1 is 1.69 bits per heavy atom. The monoisotopic (exact) mass is 205 g/mol. The third-order valence-corrected chi connectivity index (χ3v) is 2.55. The highest BCUT2D eigenvalue weighted by atomic mass is 35.5. The van der Waals surface area contributed by atoms with Crippen molar-refractivity contribution in [2.75, 3.05) is 26.1 Å². The Balaban J connectivity index is 2.42. The SMILES string of the molecule is COC[C@H]1CCCN1C(=O)CCCl. The molecule has 0 aromatic carbocycles.